The number of aromatic amines is 1. The van der Waals surface area contributed by atoms with Crippen LogP contribution in [0.2, 0.25) is 0 Å². The average molecular weight is 401 g/mol. The second-order valence-corrected chi connectivity index (χ2v) is 6.96. The second kappa shape index (κ2) is 7.19. The molecule has 2 aromatic heterocycles. The number of ether oxygens (including phenoxy) is 2. The van der Waals surface area contributed by atoms with Crippen molar-refractivity contribution in [3.05, 3.63) is 51.1 Å². The van der Waals surface area contributed by atoms with Crippen molar-refractivity contribution in [3.63, 3.8) is 0 Å². The third kappa shape index (κ3) is 3.10. The van der Waals surface area contributed by atoms with Gasteiger partial charge in [0, 0.05) is 24.4 Å². The lowest BCUT2D eigenvalue weighted by atomic mass is 9.81. The van der Waals surface area contributed by atoms with Gasteiger partial charge in [-0.3, -0.25) is 19.9 Å². The average Bonchev–Trinajstić information content (AvgIpc) is 3.30. The summed E-state index contributed by atoms with van der Waals surface area (Å²) < 4.78 is 26.7. The number of halogens is 1. The van der Waals surface area contributed by atoms with Gasteiger partial charge in [-0.2, -0.15) is 10.2 Å². The van der Waals surface area contributed by atoms with Gasteiger partial charge >= 0.3 is 5.69 Å². The summed E-state index contributed by atoms with van der Waals surface area (Å²) in [6, 6.07) is 3.21. The highest BCUT2D eigenvalue weighted by Crippen LogP contribution is 2.41. The summed E-state index contributed by atoms with van der Waals surface area (Å²) in [5, 5.41) is 22.7. The molecule has 9 nitrogen and oxygen atoms in total. The Labute approximate surface area is 165 Å². The van der Waals surface area contributed by atoms with Crippen LogP contribution in [0.3, 0.4) is 0 Å². The fraction of sp³-hybridized carbons (Fsp3) is 0.368. The van der Waals surface area contributed by atoms with E-state index >= 15 is 0 Å². The molecular weight excluding hydrogens is 381 g/mol. The number of hydrogen-bond donors (Lipinski definition) is 1. The number of fused-ring (bicyclic) bond motifs is 1. The quantitative estimate of drug-likeness (QED) is 0.520. The molecule has 3 aromatic rings. The van der Waals surface area contributed by atoms with Gasteiger partial charge in [-0.25, -0.2) is 4.39 Å². The Morgan fingerprint density at radius 2 is 2.14 bits per heavy atom. The van der Waals surface area contributed by atoms with Gasteiger partial charge in [0.15, 0.2) is 17.3 Å². The lowest BCUT2D eigenvalue weighted by Crippen LogP contribution is -2.14. The van der Waals surface area contributed by atoms with E-state index in [-0.39, 0.29) is 17.4 Å². The Bertz CT molecular complexity index is 1090. The van der Waals surface area contributed by atoms with Gasteiger partial charge in [-0.05, 0) is 36.8 Å². The molecule has 1 aromatic carbocycles. The number of nitro groups is 1. The van der Waals surface area contributed by atoms with Crippen LogP contribution in [0.5, 0.6) is 11.5 Å². The van der Waals surface area contributed by atoms with E-state index in [1.807, 2.05) is 0 Å². The fourth-order valence-electron chi connectivity index (χ4n) is 3.96. The molecule has 0 aliphatic heterocycles. The smallest absolute Gasteiger partial charge is 0.316 e. The van der Waals surface area contributed by atoms with Crippen molar-refractivity contribution < 1.29 is 18.8 Å². The summed E-state index contributed by atoms with van der Waals surface area (Å²) in [7, 11) is 4.59. The van der Waals surface area contributed by atoms with Crippen molar-refractivity contribution in [1.29, 1.82) is 0 Å². The maximum Gasteiger partial charge on any atom is 0.316 e. The van der Waals surface area contributed by atoms with Crippen molar-refractivity contribution in [2.24, 2.45) is 7.05 Å². The van der Waals surface area contributed by atoms with Crippen molar-refractivity contribution >= 4 is 5.69 Å². The third-order valence-electron chi connectivity index (χ3n) is 5.42. The predicted octanol–water partition coefficient (Wildman–Crippen LogP) is 3.15. The van der Waals surface area contributed by atoms with E-state index in [9.17, 15) is 14.5 Å². The molecule has 1 atom stereocenters. The van der Waals surface area contributed by atoms with Crippen LogP contribution in [0.4, 0.5) is 10.1 Å². The van der Waals surface area contributed by atoms with Crippen LogP contribution < -0.4 is 9.47 Å². The van der Waals surface area contributed by atoms with Gasteiger partial charge in [-0.1, -0.05) is 0 Å². The SMILES string of the molecule is COc1cc(OC)c(F)c(C2CCc3c(-c4c([N+](=O)[O-])cnn4C)n[nH]c3C2)c1. The Morgan fingerprint density at radius 1 is 1.34 bits per heavy atom. The van der Waals surface area contributed by atoms with E-state index in [1.165, 1.54) is 31.2 Å². The Kier molecular flexibility index (Phi) is 4.69. The van der Waals surface area contributed by atoms with Crippen LogP contribution in [0.15, 0.2) is 18.3 Å². The van der Waals surface area contributed by atoms with Crippen LogP contribution >= 0.6 is 0 Å². The van der Waals surface area contributed by atoms with Gasteiger partial charge in [0.1, 0.15) is 17.6 Å². The van der Waals surface area contributed by atoms with Crippen molar-refractivity contribution in [2.75, 3.05) is 14.2 Å². The van der Waals surface area contributed by atoms with Crippen LogP contribution in [0.25, 0.3) is 11.4 Å². The molecule has 0 radical (unpaired) electrons. The fourth-order valence-corrected chi connectivity index (χ4v) is 3.96. The molecule has 0 saturated heterocycles. The topological polar surface area (TPSA) is 108 Å². The molecule has 1 aliphatic carbocycles. The largest absolute Gasteiger partial charge is 0.497 e. The zero-order chi connectivity index (χ0) is 20.7. The van der Waals surface area contributed by atoms with Crippen LogP contribution in [0, 0.1) is 15.9 Å². The molecule has 0 fully saturated rings. The molecule has 0 saturated carbocycles. The minimum Gasteiger partial charge on any atom is -0.497 e. The summed E-state index contributed by atoms with van der Waals surface area (Å²) in [4.78, 5) is 10.9. The maximum atomic E-state index is 14.9. The van der Waals surface area contributed by atoms with E-state index in [0.717, 1.165) is 11.3 Å². The number of methoxy groups -OCH3 is 2. The number of rotatable bonds is 5. The Balaban J connectivity index is 1.71. The zero-order valence-electron chi connectivity index (χ0n) is 16.2. The number of nitrogens with zero attached hydrogens (tertiary/aromatic N) is 4. The van der Waals surface area contributed by atoms with E-state index in [2.05, 4.69) is 15.3 Å². The first-order chi connectivity index (χ1) is 13.9. The van der Waals surface area contributed by atoms with Gasteiger partial charge in [-0.15, -0.1) is 0 Å². The minimum absolute atomic E-state index is 0.0903. The second-order valence-electron chi connectivity index (χ2n) is 6.96. The molecule has 2 heterocycles. The molecule has 0 bridgehead atoms. The molecule has 1 unspecified atom stereocenters. The lowest BCUT2D eigenvalue weighted by Gasteiger charge is -2.24. The molecule has 152 valence electrons. The van der Waals surface area contributed by atoms with Crippen LogP contribution in [-0.2, 0) is 19.9 Å². The van der Waals surface area contributed by atoms with Crippen LogP contribution in [-0.4, -0.2) is 39.1 Å². The van der Waals surface area contributed by atoms with Crippen molar-refractivity contribution in [3.8, 4) is 22.9 Å². The normalized spacial score (nSPS) is 15.8. The first kappa shape index (κ1) is 18.9. The van der Waals surface area contributed by atoms with Gasteiger partial charge in [0.25, 0.3) is 0 Å². The first-order valence-corrected chi connectivity index (χ1v) is 9.08. The summed E-state index contributed by atoms with van der Waals surface area (Å²) in [5.74, 6) is 0.172. The number of H-pyrrole nitrogens is 1. The highest BCUT2D eigenvalue weighted by molar-refractivity contribution is 5.70. The van der Waals surface area contributed by atoms with Gasteiger partial charge in [0.05, 0.1) is 19.1 Å². The van der Waals surface area contributed by atoms with Crippen LogP contribution in [0.1, 0.15) is 29.2 Å². The molecule has 1 N–H and O–H groups in total. The monoisotopic (exact) mass is 401 g/mol. The molecular formula is C19H20FN5O4. The summed E-state index contributed by atoms with van der Waals surface area (Å²) in [5.41, 5.74) is 3.06. The summed E-state index contributed by atoms with van der Waals surface area (Å²) in [6.45, 7) is 0. The van der Waals surface area contributed by atoms with E-state index in [0.29, 0.717) is 42.0 Å². The van der Waals surface area contributed by atoms with E-state index in [1.54, 1.807) is 13.1 Å². The number of aromatic nitrogens is 4. The third-order valence-corrected chi connectivity index (χ3v) is 5.42. The number of benzene rings is 1. The molecule has 4 rings (SSSR count). The lowest BCUT2D eigenvalue weighted by molar-refractivity contribution is -0.384. The Morgan fingerprint density at radius 3 is 2.83 bits per heavy atom. The maximum absolute atomic E-state index is 14.9. The summed E-state index contributed by atoms with van der Waals surface area (Å²) in [6.07, 6.45) is 3.02. The molecule has 10 heteroatoms. The van der Waals surface area contributed by atoms with E-state index < -0.39 is 10.7 Å². The van der Waals surface area contributed by atoms with Gasteiger partial charge < -0.3 is 9.47 Å². The molecule has 0 amide bonds. The molecule has 29 heavy (non-hydrogen) atoms. The zero-order valence-corrected chi connectivity index (χ0v) is 16.2. The molecule has 1 aliphatic rings. The number of nitrogens with one attached hydrogen (secondary N) is 1. The van der Waals surface area contributed by atoms with Crippen molar-refractivity contribution in [1.82, 2.24) is 20.0 Å². The first-order valence-electron chi connectivity index (χ1n) is 9.08. The highest BCUT2D eigenvalue weighted by atomic mass is 19.1. The number of hydrogen-bond acceptors (Lipinski definition) is 6. The Hall–Kier alpha value is -3.43. The summed E-state index contributed by atoms with van der Waals surface area (Å²) >= 11 is 0. The highest BCUT2D eigenvalue weighted by Gasteiger charge is 2.32. The number of aryl methyl sites for hydroxylation is 1. The predicted molar refractivity (Wildman–Crippen MR) is 102 cm³/mol. The van der Waals surface area contributed by atoms with Gasteiger partial charge in [0.2, 0.25) is 0 Å². The molecule has 0 spiro atoms. The van der Waals surface area contributed by atoms with E-state index in [4.69, 9.17) is 9.47 Å². The minimum atomic E-state index is -0.465. The van der Waals surface area contributed by atoms with Crippen molar-refractivity contribution in [2.45, 2.75) is 25.2 Å². The standard InChI is InChI=1S/C19H20FN5O4/c1-24-19(15(9-21-24)25(26)27)18-12-5-4-10(6-14(12)22-23-18)13-7-11(28-2)8-16(29-3)17(13)20/h7-10H,4-6H2,1-3H3,(H,22,23).